The number of benzene rings is 1. The van der Waals surface area contributed by atoms with Crippen molar-refractivity contribution in [3.63, 3.8) is 0 Å². The third-order valence-corrected chi connectivity index (χ3v) is 7.59. The Bertz CT molecular complexity index is 813. The molecule has 4 rings (SSSR count). The third kappa shape index (κ3) is 3.46. The molecule has 8 heteroatoms. The summed E-state index contributed by atoms with van der Waals surface area (Å²) in [7, 11) is -3.56. The fraction of sp³-hybridized carbons (Fsp3) is 0.632. The van der Waals surface area contributed by atoms with Crippen molar-refractivity contribution in [3.05, 3.63) is 23.8 Å². The van der Waals surface area contributed by atoms with Gasteiger partial charge in [-0.3, -0.25) is 4.79 Å². The molecule has 1 aromatic carbocycles. The van der Waals surface area contributed by atoms with Crippen LogP contribution in [0.4, 0.5) is 0 Å². The smallest absolute Gasteiger partial charge is 0.264 e. The Labute approximate surface area is 160 Å². The molecule has 2 atom stereocenters. The Balaban J connectivity index is 1.56. The number of likely N-dealkylation sites (tertiary alicyclic amines) is 1. The minimum atomic E-state index is -3.56. The summed E-state index contributed by atoms with van der Waals surface area (Å²) in [5.41, 5.74) is 0.791. The lowest BCUT2D eigenvalue weighted by molar-refractivity contribution is -0.139. The number of amides is 1. The second-order valence-electron chi connectivity index (χ2n) is 7.43. The van der Waals surface area contributed by atoms with Crippen molar-refractivity contribution in [1.29, 1.82) is 0 Å². The molecule has 7 nitrogen and oxygen atoms in total. The van der Waals surface area contributed by atoms with Crippen LogP contribution in [0.25, 0.3) is 0 Å². The van der Waals surface area contributed by atoms with E-state index in [4.69, 9.17) is 9.47 Å². The van der Waals surface area contributed by atoms with E-state index in [-0.39, 0.29) is 16.7 Å². The highest BCUT2D eigenvalue weighted by Gasteiger charge is 2.40. The van der Waals surface area contributed by atoms with Gasteiger partial charge in [0.2, 0.25) is 10.0 Å². The average Bonchev–Trinajstić information content (AvgIpc) is 3.05. The summed E-state index contributed by atoms with van der Waals surface area (Å²) in [6, 6.07) is 4.93. The van der Waals surface area contributed by atoms with Crippen molar-refractivity contribution in [1.82, 2.24) is 9.21 Å². The SMILES string of the molecule is CC1c2cc(S(=O)(=O)N3CCOCC3)ccc2OC1C(=O)N1CCCCC1. The number of sulfonamides is 1. The van der Waals surface area contributed by atoms with Gasteiger partial charge in [0.25, 0.3) is 5.91 Å². The monoisotopic (exact) mass is 394 g/mol. The van der Waals surface area contributed by atoms with E-state index >= 15 is 0 Å². The molecule has 3 aliphatic rings. The minimum absolute atomic E-state index is 0.0102. The molecule has 27 heavy (non-hydrogen) atoms. The molecule has 2 fully saturated rings. The number of carbonyl (C=O) groups excluding carboxylic acids is 1. The van der Waals surface area contributed by atoms with E-state index in [1.807, 2.05) is 11.8 Å². The molecule has 0 N–H and O–H groups in total. The van der Waals surface area contributed by atoms with E-state index in [0.717, 1.165) is 37.9 Å². The largest absolute Gasteiger partial charge is 0.480 e. The van der Waals surface area contributed by atoms with E-state index in [9.17, 15) is 13.2 Å². The molecule has 0 aliphatic carbocycles. The predicted molar refractivity (Wildman–Crippen MR) is 99.3 cm³/mol. The normalized spacial score (nSPS) is 26.5. The molecule has 1 aromatic rings. The summed E-state index contributed by atoms with van der Waals surface area (Å²) in [4.78, 5) is 15.0. The average molecular weight is 394 g/mol. The van der Waals surface area contributed by atoms with Crippen LogP contribution in [-0.4, -0.2) is 69.0 Å². The van der Waals surface area contributed by atoms with E-state index in [1.54, 1.807) is 18.2 Å². The number of hydrogen-bond donors (Lipinski definition) is 0. The molecule has 0 radical (unpaired) electrons. The summed E-state index contributed by atoms with van der Waals surface area (Å²) in [6.45, 7) is 5.04. The summed E-state index contributed by atoms with van der Waals surface area (Å²) >= 11 is 0. The fourth-order valence-corrected chi connectivity index (χ4v) is 5.49. The van der Waals surface area contributed by atoms with E-state index in [1.165, 1.54) is 4.31 Å². The fourth-order valence-electron chi connectivity index (χ4n) is 4.05. The Morgan fingerprint density at radius 3 is 2.48 bits per heavy atom. The zero-order chi connectivity index (χ0) is 19.0. The molecule has 148 valence electrons. The number of ether oxygens (including phenoxy) is 2. The van der Waals surface area contributed by atoms with Crippen molar-refractivity contribution in [2.75, 3.05) is 39.4 Å². The number of fused-ring (bicyclic) bond motifs is 1. The van der Waals surface area contributed by atoms with Crippen LogP contribution >= 0.6 is 0 Å². The van der Waals surface area contributed by atoms with Gasteiger partial charge in [-0.1, -0.05) is 6.92 Å². The van der Waals surface area contributed by atoms with Crippen molar-refractivity contribution >= 4 is 15.9 Å². The molecular formula is C19H26N2O5S. The highest BCUT2D eigenvalue weighted by molar-refractivity contribution is 7.89. The summed E-state index contributed by atoms with van der Waals surface area (Å²) < 4.78 is 38.5. The van der Waals surface area contributed by atoms with Crippen molar-refractivity contribution in [2.45, 2.75) is 43.1 Å². The first-order chi connectivity index (χ1) is 13.0. The van der Waals surface area contributed by atoms with Crippen LogP contribution in [0.15, 0.2) is 23.1 Å². The maximum Gasteiger partial charge on any atom is 0.264 e. The number of carbonyl (C=O) groups is 1. The molecule has 2 saturated heterocycles. The van der Waals surface area contributed by atoms with Crippen LogP contribution < -0.4 is 4.74 Å². The number of rotatable bonds is 3. The van der Waals surface area contributed by atoms with Crippen LogP contribution in [-0.2, 0) is 19.6 Å². The Hall–Kier alpha value is -1.64. The second kappa shape index (κ2) is 7.41. The first-order valence-corrected chi connectivity index (χ1v) is 11.1. The quantitative estimate of drug-likeness (QED) is 0.778. The van der Waals surface area contributed by atoms with E-state index in [2.05, 4.69) is 0 Å². The molecule has 0 bridgehead atoms. The van der Waals surface area contributed by atoms with Gasteiger partial charge in [-0.2, -0.15) is 4.31 Å². The van der Waals surface area contributed by atoms with E-state index < -0.39 is 16.1 Å². The summed E-state index contributed by atoms with van der Waals surface area (Å²) in [6.07, 6.45) is 2.65. The van der Waals surface area contributed by atoms with Crippen molar-refractivity contribution in [2.24, 2.45) is 0 Å². The number of nitrogens with zero attached hydrogens (tertiary/aromatic N) is 2. The topological polar surface area (TPSA) is 76.1 Å². The number of piperidine rings is 1. The van der Waals surface area contributed by atoms with Gasteiger partial charge in [0, 0.05) is 37.7 Å². The second-order valence-corrected chi connectivity index (χ2v) is 9.37. The number of hydrogen-bond acceptors (Lipinski definition) is 5. The van der Waals surface area contributed by atoms with Gasteiger partial charge in [-0.05, 0) is 37.5 Å². The van der Waals surface area contributed by atoms with Gasteiger partial charge in [0.15, 0.2) is 6.10 Å². The first kappa shape index (κ1) is 18.7. The lowest BCUT2D eigenvalue weighted by Crippen LogP contribution is -2.44. The minimum Gasteiger partial charge on any atom is -0.480 e. The molecule has 0 saturated carbocycles. The van der Waals surface area contributed by atoms with Crippen LogP contribution in [0, 0.1) is 0 Å². The standard InChI is InChI=1S/C19H26N2O5S/c1-14-16-13-15(27(23,24)21-9-11-25-12-10-21)5-6-17(16)26-18(14)19(22)20-7-3-2-4-8-20/h5-6,13-14,18H,2-4,7-12H2,1H3. The molecule has 0 aromatic heterocycles. The first-order valence-electron chi connectivity index (χ1n) is 9.66. The van der Waals surface area contributed by atoms with Gasteiger partial charge in [0.05, 0.1) is 18.1 Å². The lowest BCUT2D eigenvalue weighted by atomic mass is 9.96. The molecule has 2 unspecified atom stereocenters. The van der Waals surface area contributed by atoms with Gasteiger partial charge >= 0.3 is 0 Å². The van der Waals surface area contributed by atoms with Crippen molar-refractivity contribution in [3.8, 4) is 5.75 Å². The Morgan fingerprint density at radius 2 is 1.78 bits per heavy atom. The number of morpholine rings is 1. The molecule has 0 spiro atoms. The van der Waals surface area contributed by atoms with Crippen LogP contribution in [0.1, 0.15) is 37.7 Å². The zero-order valence-corrected chi connectivity index (χ0v) is 16.4. The Kier molecular flexibility index (Phi) is 5.13. The van der Waals surface area contributed by atoms with Crippen LogP contribution in [0.2, 0.25) is 0 Å². The summed E-state index contributed by atoms with van der Waals surface area (Å²) in [5.74, 6) is 0.448. The highest BCUT2D eigenvalue weighted by atomic mass is 32.2. The van der Waals surface area contributed by atoms with E-state index in [0.29, 0.717) is 32.1 Å². The van der Waals surface area contributed by atoms with Crippen LogP contribution in [0.3, 0.4) is 0 Å². The molecule has 3 heterocycles. The van der Waals surface area contributed by atoms with Gasteiger partial charge in [0.1, 0.15) is 5.75 Å². The highest BCUT2D eigenvalue weighted by Crippen LogP contribution is 2.40. The Morgan fingerprint density at radius 1 is 1.07 bits per heavy atom. The van der Waals surface area contributed by atoms with Gasteiger partial charge in [-0.15, -0.1) is 0 Å². The molecular weight excluding hydrogens is 368 g/mol. The van der Waals surface area contributed by atoms with Gasteiger partial charge in [-0.25, -0.2) is 8.42 Å². The van der Waals surface area contributed by atoms with Crippen molar-refractivity contribution < 1.29 is 22.7 Å². The molecule has 1 amide bonds. The predicted octanol–water partition coefficient (Wildman–Crippen LogP) is 1.58. The summed E-state index contributed by atoms with van der Waals surface area (Å²) in [5, 5.41) is 0. The third-order valence-electron chi connectivity index (χ3n) is 5.70. The maximum absolute atomic E-state index is 12.9. The van der Waals surface area contributed by atoms with Crippen LogP contribution in [0.5, 0.6) is 5.75 Å². The van der Waals surface area contributed by atoms with Gasteiger partial charge < -0.3 is 14.4 Å². The maximum atomic E-state index is 12.9. The lowest BCUT2D eigenvalue weighted by Gasteiger charge is -2.29. The zero-order valence-electron chi connectivity index (χ0n) is 15.6. The molecule has 3 aliphatic heterocycles.